The minimum absolute atomic E-state index is 0.114. The fraction of sp³-hybridized carbons (Fsp3) is 0.462. The van der Waals surface area contributed by atoms with E-state index in [-0.39, 0.29) is 11.5 Å². The van der Waals surface area contributed by atoms with E-state index in [2.05, 4.69) is 6.92 Å². The first-order valence-corrected chi connectivity index (χ1v) is 6.20. The van der Waals surface area contributed by atoms with E-state index in [4.69, 9.17) is 11.6 Å². The van der Waals surface area contributed by atoms with Gasteiger partial charge in [0.1, 0.15) is 5.82 Å². The molecule has 17 heavy (non-hydrogen) atoms. The van der Waals surface area contributed by atoms with Crippen molar-refractivity contribution in [2.75, 3.05) is 13.1 Å². The summed E-state index contributed by atoms with van der Waals surface area (Å²) in [6.07, 6.45) is 2.12. The number of benzene rings is 1. The highest BCUT2D eigenvalue weighted by Gasteiger charge is 2.23. The molecule has 4 heteroatoms. The number of amides is 1. The fourth-order valence-electron chi connectivity index (χ4n) is 2.21. The Morgan fingerprint density at radius 2 is 2.29 bits per heavy atom. The van der Waals surface area contributed by atoms with Gasteiger partial charge in [-0.3, -0.25) is 4.79 Å². The second-order valence-corrected chi connectivity index (χ2v) is 5.06. The van der Waals surface area contributed by atoms with Crippen LogP contribution in [-0.2, 0) is 0 Å². The maximum atomic E-state index is 13.6. The molecule has 0 unspecified atom stereocenters. The van der Waals surface area contributed by atoms with Crippen molar-refractivity contribution in [3.05, 3.63) is 34.6 Å². The zero-order chi connectivity index (χ0) is 12.4. The molecule has 1 aromatic carbocycles. The second kappa shape index (κ2) is 5.05. The van der Waals surface area contributed by atoms with Gasteiger partial charge >= 0.3 is 0 Å². The highest BCUT2D eigenvalue weighted by Crippen LogP contribution is 2.20. The Hall–Kier alpha value is -1.09. The van der Waals surface area contributed by atoms with E-state index in [0.29, 0.717) is 24.0 Å². The molecule has 1 saturated heterocycles. The Morgan fingerprint density at radius 1 is 1.53 bits per heavy atom. The summed E-state index contributed by atoms with van der Waals surface area (Å²) in [6, 6.07) is 4.19. The fourth-order valence-corrected chi connectivity index (χ4v) is 2.37. The van der Waals surface area contributed by atoms with Crippen LogP contribution in [0.1, 0.15) is 30.1 Å². The van der Waals surface area contributed by atoms with Crippen LogP contribution < -0.4 is 0 Å². The summed E-state index contributed by atoms with van der Waals surface area (Å²) in [7, 11) is 0. The Labute approximate surface area is 105 Å². The summed E-state index contributed by atoms with van der Waals surface area (Å²) >= 11 is 5.67. The number of carbonyl (C=O) groups is 1. The predicted molar refractivity (Wildman–Crippen MR) is 65.7 cm³/mol. The Balaban J connectivity index is 2.18. The van der Waals surface area contributed by atoms with Crippen LogP contribution in [0, 0.1) is 11.7 Å². The molecule has 1 fully saturated rings. The Morgan fingerprint density at radius 3 is 2.94 bits per heavy atom. The molecule has 2 nitrogen and oxygen atoms in total. The summed E-state index contributed by atoms with van der Waals surface area (Å²) < 4.78 is 13.6. The zero-order valence-corrected chi connectivity index (χ0v) is 10.5. The second-order valence-electron chi connectivity index (χ2n) is 4.62. The normalized spacial score (nSPS) is 20.4. The number of rotatable bonds is 1. The predicted octanol–water partition coefficient (Wildman–Crippen LogP) is 3.35. The molecule has 0 aromatic heterocycles. The van der Waals surface area contributed by atoms with E-state index in [1.54, 1.807) is 11.0 Å². The van der Waals surface area contributed by atoms with Gasteiger partial charge in [0, 0.05) is 18.1 Å². The average Bonchev–Trinajstić information content (AvgIpc) is 2.28. The molecule has 1 atom stereocenters. The van der Waals surface area contributed by atoms with E-state index in [9.17, 15) is 9.18 Å². The SMILES string of the molecule is C[C@H]1CCCN(C(=O)c2ccc(Cl)cc2F)C1. The third-order valence-electron chi connectivity index (χ3n) is 3.11. The molecule has 1 aliphatic rings. The lowest BCUT2D eigenvalue weighted by molar-refractivity contribution is 0.0678. The van der Waals surface area contributed by atoms with Crippen molar-refractivity contribution in [2.24, 2.45) is 5.92 Å². The molecule has 2 rings (SSSR count). The molecule has 0 radical (unpaired) electrons. The van der Waals surface area contributed by atoms with E-state index in [1.165, 1.54) is 12.1 Å². The molecule has 0 N–H and O–H groups in total. The summed E-state index contributed by atoms with van der Waals surface area (Å²) in [5.74, 6) is -0.283. The third kappa shape index (κ3) is 2.78. The molecule has 1 heterocycles. The zero-order valence-electron chi connectivity index (χ0n) is 9.75. The van der Waals surface area contributed by atoms with Crippen LogP contribution in [0.25, 0.3) is 0 Å². The van der Waals surface area contributed by atoms with Gasteiger partial charge in [-0.05, 0) is 37.0 Å². The number of piperidine rings is 1. The highest BCUT2D eigenvalue weighted by atomic mass is 35.5. The maximum Gasteiger partial charge on any atom is 0.256 e. The summed E-state index contributed by atoms with van der Waals surface area (Å²) in [5.41, 5.74) is 0.114. The van der Waals surface area contributed by atoms with Crippen LogP contribution in [0.2, 0.25) is 5.02 Å². The molecule has 1 amide bonds. The van der Waals surface area contributed by atoms with Crippen LogP contribution in [0.5, 0.6) is 0 Å². The van der Waals surface area contributed by atoms with Crippen molar-refractivity contribution in [2.45, 2.75) is 19.8 Å². The van der Waals surface area contributed by atoms with Crippen molar-refractivity contribution in [1.82, 2.24) is 4.90 Å². The van der Waals surface area contributed by atoms with E-state index in [1.807, 2.05) is 0 Å². The van der Waals surface area contributed by atoms with Gasteiger partial charge in [-0.1, -0.05) is 18.5 Å². The highest BCUT2D eigenvalue weighted by molar-refractivity contribution is 6.30. The number of halogens is 2. The maximum absolute atomic E-state index is 13.6. The lowest BCUT2D eigenvalue weighted by atomic mass is 9.99. The van der Waals surface area contributed by atoms with Gasteiger partial charge in [-0.2, -0.15) is 0 Å². The van der Waals surface area contributed by atoms with Crippen molar-refractivity contribution in [3.63, 3.8) is 0 Å². The standard InChI is InChI=1S/C13H15ClFNO/c1-9-3-2-6-16(8-9)13(17)11-5-4-10(14)7-12(11)15/h4-5,7,9H,2-3,6,8H2,1H3/t9-/m0/s1. The lowest BCUT2D eigenvalue weighted by Gasteiger charge is -2.31. The third-order valence-corrected chi connectivity index (χ3v) is 3.34. The van der Waals surface area contributed by atoms with Crippen LogP contribution in [0.15, 0.2) is 18.2 Å². The first-order chi connectivity index (χ1) is 8.08. The first-order valence-electron chi connectivity index (χ1n) is 5.82. The molecular formula is C13H15ClFNO. The van der Waals surface area contributed by atoms with Gasteiger partial charge < -0.3 is 4.90 Å². The van der Waals surface area contributed by atoms with Gasteiger partial charge in [0.2, 0.25) is 0 Å². The summed E-state index contributed by atoms with van der Waals surface area (Å²) in [4.78, 5) is 13.8. The minimum Gasteiger partial charge on any atom is -0.338 e. The quantitative estimate of drug-likeness (QED) is 0.754. The monoisotopic (exact) mass is 255 g/mol. The molecule has 0 bridgehead atoms. The first kappa shape index (κ1) is 12.4. The van der Waals surface area contributed by atoms with Crippen LogP contribution in [0.3, 0.4) is 0 Å². The van der Waals surface area contributed by atoms with Crippen molar-refractivity contribution in [3.8, 4) is 0 Å². The van der Waals surface area contributed by atoms with Crippen LogP contribution in [0.4, 0.5) is 4.39 Å². The Bertz CT molecular complexity index is 435. The molecular weight excluding hydrogens is 241 g/mol. The van der Waals surface area contributed by atoms with Crippen molar-refractivity contribution >= 4 is 17.5 Å². The largest absolute Gasteiger partial charge is 0.338 e. The molecule has 92 valence electrons. The lowest BCUT2D eigenvalue weighted by Crippen LogP contribution is -2.39. The molecule has 0 spiro atoms. The van der Waals surface area contributed by atoms with Crippen LogP contribution >= 0.6 is 11.6 Å². The molecule has 1 aliphatic heterocycles. The molecule has 1 aromatic rings. The van der Waals surface area contributed by atoms with Gasteiger partial charge in [0.05, 0.1) is 5.56 Å². The topological polar surface area (TPSA) is 20.3 Å². The van der Waals surface area contributed by atoms with Gasteiger partial charge in [-0.25, -0.2) is 4.39 Å². The minimum atomic E-state index is -0.541. The number of hydrogen-bond acceptors (Lipinski definition) is 1. The smallest absolute Gasteiger partial charge is 0.256 e. The van der Waals surface area contributed by atoms with E-state index >= 15 is 0 Å². The number of hydrogen-bond donors (Lipinski definition) is 0. The number of carbonyl (C=O) groups excluding carboxylic acids is 1. The summed E-state index contributed by atoms with van der Waals surface area (Å²) in [6.45, 7) is 3.53. The van der Waals surface area contributed by atoms with Gasteiger partial charge in [0.25, 0.3) is 5.91 Å². The Kier molecular flexibility index (Phi) is 3.67. The molecule has 0 saturated carbocycles. The van der Waals surface area contributed by atoms with Gasteiger partial charge in [-0.15, -0.1) is 0 Å². The van der Waals surface area contributed by atoms with Crippen LogP contribution in [-0.4, -0.2) is 23.9 Å². The average molecular weight is 256 g/mol. The number of nitrogens with zero attached hydrogens (tertiary/aromatic N) is 1. The summed E-state index contributed by atoms with van der Waals surface area (Å²) in [5, 5.41) is 0.311. The van der Waals surface area contributed by atoms with Crippen molar-refractivity contribution in [1.29, 1.82) is 0 Å². The van der Waals surface area contributed by atoms with Gasteiger partial charge in [0.15, 0.2) is 0 Å². The van der Waals surface area contributed by atoms with E-state index < -0.39 is 5.82 Å². The number of likely N-dealkylation sites (tertiary alicyclic amines) is 1. The van der Waals surface area contributed by atoms with Crippen molar-refractivity contribution < 1.29 is 9.18 Å². The van der Waals surface area contributed by atoms with E-state index in [0.717, 1.165) is 12.8 Å². The molecule has 0 aliphatic carbocycles.